The molecule has 0 aromatic rings. The highest BCUT2D eigenvalue weighted by Gasteiger charge is 2.32. The highest BCUT2D eigenvalue weighted by molar-refractivity contribution is 5.95. The summed E-state index contributed by atoms with van der Waals surface area (Å²) in [5, 5.41) is 0. The zero-order valence-corrected chi connectivity index (χ0v) is 11.5. The summed E-state index contributed by atoms with van der Waals surface area (Å²) in [6.45, 7) is 9.53. The van der Waals surface area contributed by atoms with E-state index in [1.165, 1.54) is 0 Å². The van der Waals surface area contributed by atoms with Gasteiger partial charge in [0, 0.05) is 0 Å². The summed E-state index contributed by atoms with van der Waals surface area (Å²) in [6.07, 6.45) is 1.92. The molecule has 0 radical (unpaired) electrons. The van der Waals surface area contributed by atoms with Crippen LogP contribution in [0.3, 0.4) is 0 Å². The van der Waals surface area contributed by atoms with Crippen LogP contribution in [-0.2, 0) is 19.1 Å². The maximum absolute atomic E-state index is 11.9. The van der Waals surface area contributed by atoms with Gasteiger partial charge < -0.3 is 9.47 Å². The fraction of sp³-hybridized carbons (Fsp3) is 0.846. The fourth-order valence-corrected chi connectivity index (χ4v) is 1.28. The van der Waals surface area contributed by atoms with Crippen molar-refractivity contribution < 1.29 is 19.1 Å². The number of carbonyl (C=O) groups excluding carboxylic acids is 2. The molecule has 0 spiro atoms. The van der Waals surface area contributed by atoms with Gasteiger partial charge in [0.25, 0.3) is 0 Å². The molecule has 0 saturated heterocycles. The highest BCUT2D eigenvalue weighted by atomic mass is 16.6. The molecule has 0 rings (SSSR count). The van der Waals surface area contributed by atoms with Gasteiger partial charge in [-0.2, -0.15) is 0 Å². The van der Waals surface area contributed by atoms with Crippen molar-refractivity contribution in [1.82, 2.24) is 0 Å². The molecule has 0 aliphatic heterocycles. The van der Waals surface area contributed by atoms with Crippen molar-refractivity contribution in [3.05, 3.63) is 0 Å². The van der Waals surface area contributed by atoms with Gasteiger partial charge in [0.15, 0.2) is 5.92 Å². The van der Waals surface area contributed by atoms with Crippen molar-refractivity contribution in [2.45, 2.75) is 59.5 Å². The van der Waals surface area contributed by atoms with Crippen molar-refractivity contribution in [2.75, 3.05) is 6.61 Å². The summed E-state index contributed by atoms with van der Waals surface area (Å²) >= 11 is 0. The van der Waals surface area contributed by atoms with Gasteiger partial charge in [-0.25, -0.2) is 0 Å². The van der Waals surface area contributed by atoms with E-state index in [1.807, 2.05) is 27.7 Å². The Kier molecular flexibility index (Phi) is 6.85. The first-order chi connectivity index (χ1) is 7.87. The van der Waals surface area contributed by atoms with E-state index < -0.39 is 23.5 Å². The minimum absolute atomic E-state index is 0.281. The van der Waals surface area contributed by atoms with Gasteiger partial charge in [-0.3, -0.25) is 9.59 Å². The number of hydrogen-bond donors (Lipinski definition) is 0. The quantitative estimate of drug-likeness (QED) is 0.510. The molecule has 0 aromatic heterocycles. The molecule has 1 atom stereocenters. The van der Waals surface area contributed by atoms with Crippen LogP contribution in [0.2, 0.25) is 0 Å². The Labute approximate surface area is 104 Å². The summed E-state index contributed by atoms with van der Waals surface area (Å²) in [5.74, 6) is -1.74. The van der Waals surface area contributed by atoms with E-state index in [0.29, 0.717) is 12.8 Å². The molecule has 0 amide bonds. The van der Waals surface area contributed by atoms with Crippen LogP contribution in [0.25, 0.3) is 0 Å². The summed E-state index contributed by atoms with van der Waals surface area (Å²) in [7, 11) is 0. The Balaban J connectivity index is 4.60. The summed E-state index contributed by atoms with van der Waals surface area (Å²) in [5.41, 5.74) is -0.532. The molecule has 0 N–H and O–H groups in total. The Bertz CT molecular complexity index is 258. The maximum atomic E-state index is 11.9. The predicted octanol–water partition coefficient (Wildman–Crippen LogP) is 2.70. The van der Waals surface area contributed by atoms with Crippen molar-refractivity contribution in [3.63, 3.8) is 0 Å². The Hall–Kier alpha value is -1.06. The van der Waals surface area contributed by atoms with E-state index in [2.05, 4.69) is 0 Å². The lowest BCUT2D eigenvalue weighted by molar-refractivity contribution is -0.170. The third kappa shape index (κ3) is 5.71. The minimum Gasteiger partial charge on any atom is -0.465 e. The molecule has 17 heavy (non-hydrogen) atoms. The van der Waals surface area contributed by atoms with Gasteiger partial charge >= 0.3 is 11.9 Å². The average Bonchev–Trinajstić information content (AvgIpc) is 2.25. The second-order valence-corrected chi connectivity index (χ2v) is 4.63. The van der Waals surface area contributed by atoms with Gasteiger partial charge in [-0.1, -0.05) is 20.3 Å². The van der Waals surface area contributed by atoms with Gasteiger partial charge in [-0.15, -0.1) is 0 Å². The monoisotopic (exact) mass is 244 g/mol. The number of carbonyl (C=O) groups is 2. The standard InChI is InChI=1S/C13H24O4/c1-6-9-10(11(14)16-8-3)12(15)17-13(4,5)7-2/h10H,6-9H2,1-5H3. The number of hydrogen-bond acceptors (Lipinski definition) is 4. The first-order valence-corrected chi connectivity index (χ1v) is 6.27. The molecule has 4 nitrogen and oxygen atoms in total. The van der Waals surface area contributed by atoms with Gasteiger partial charge in [0.05, 0.1) is 6.61 Å². The van der Waals surface area contributed by atoms with Crippen molar-refractivity contribution in [2.24, 2.45) is 5.92 Å². The molecular weight excluding hydrogens is 220 g/mol. The van der Waals surface area contributed by atoms with E-state index >= 15 is 0 Å². The smallest absolute Gasteiger partial charge is 0.320 e. The molecule has 0 fully saturated rings. The van der Waals surface area contributed by atoms with E-state index in [1.54, 1.807) is 6.92 Å². The van der Waals surface area contributed by atoms with E-state index in [4.69, 9.17) is 9.47 Å². The number of ether oxygens (including phenoxy) is 2. The van der Waals surface area contributed by atoms with Crippen LogP contribution >= 0.6 is 0 Å². The number of rotatable bonds is 7. The van der Waals surface area contributed by atoms with Crippen LogP contribution in [0.15, 0.2) is 0 Å². The van der Waals surface area contributed by atoms with Crippen LogP contribution in [0.4, 0.5) is 0 Å². The normalized spacial score (nSPS) is 13.0. The summed E-state index contributed by atoms with van der Waals surface area (Å²) in [6, 6.07) is 0. The Morgan fingerprint density at radius 2 is 1.71 bits per heavy atom. The molecule has 0 heterocycles. The van der Waals surface area contributed by atoms with E-state index in [9.17, 15) is 9.59 Å². The lowest BCUT2D eigenvalue weighted by Crippen LogP contribution is -2.35. The summed E-state index contributed by atoms with van der Waals surface area (Å²) in [4.78, 5) is 23.5. The largest absolute Gasteiger partial charge is 0.465 e. The lowest BCUT2D eigenvalue weighted by atomic mass is 10.0. The molecule has 0 aliphatic rings. The maximum Gasteiger partial charge on any atom is 0.320 e. The van der Waals surface area contributed by atoms with Gasteiger partial charge in [0.1, 0.15) is 5.60 Å². The molecule has 1 unspecified atom stereocenters. The highest BCUT2D eigenvalue weighted by Crippen LogP contribution is 2.19. The molecule has 0 aromatic carbocycles. The van der Waals surface area contributed by atoms with Crippen molar-refractivity contribution >= 4 is 11.9 Å². The minimum atomic E-state index is -0.786. The molecule has 0 saturated carbocycles. The second-order valence-electron chi connectivity index (χ2n) is 4.63. The summed E-state index contributed by atoms with van der Waals surface area (Å²) < 4.78 is 10.2. The molecule has 0 bridgehead atoms. The van der Waals surface area contributed by atoms with Crippen LogP contribution in [0, 0.1) is 5.92 Å². The molecule has 0 aliphatic carbocycles. The SMILES string of the molecule is CCCC(C(=O)OCC)C(=O)OC(C)(C)CC. The predicted molar refractivity (Wildman–Crippen MR) is 65.5 cm³/mol. The molecule has 4 heteroatoms. The first-order valence-electron chi connectivity index (χ1n) is 6.27. The Morgan fingerprint density at radius 3 is 2.12 bits per heavy atom. The Morgan fingerprint density at radius 1 is 1.12 bits per heavy atom. The zero-order valence-electron chi connectivity index (χ0n) is 11.5. The lowest BCUT2D eigenvalue weighted by Gasteiger charge is -2.25. The average molecular weight is 244 g/mol. The second kappa shape index (κ2) is 7.30. The van der Waals surface area contributed by atoms with Crippen LogP contribution in [-0.4, -0.2) is 24.1 Å². The van der Waals surface area contributed by atoms with Crippen molar-refractivity contribution in [3.8, 4) is 0 Å². The van der Waals surface area contributed by atoms with Gasteiger partial charge in [-0.05, 0) is 33.6 Å². The topological polar surface area (TPSA) is 52.6 Å². The fourth-order valence-electron chi connectivity index (χ4n) is 1.28. The zero-order chi connectivity index (χ0) is 13.5. The van der Waals surface area contributed by atoms with Crippen LogP contribution in [0.5, 0.6) is 0 Å². The third-order valence-corrected chi connectivity index (χ3v) is 2.66. The van der Waals surface area contributed by atoms with E-state index in [0.717, 1.165) is 6.42 Å². The van der Waals surface area contributed by atoms with Crippen LogP contribution in [0.1, 0.15) is 53.9 Å². The number of esters is 2. The third-order valence-electron chi connectivity index (χ3n) is 2.66. The van der Waals surface area contributed by atoms with Crippen molar-refractivity contribution in [1.29, 1.82) is 0 Å². The van der Waals surface area contributed by atoms with Gasteiger partial charge in [0.2, 0.25) is 0 Å². The molecule has 100 valence electrons. The first kappa shape index (κ1) is 15.9. The van der Waals surface area contributed by atoms with Crippen LogP contribution < -0.4 is 0 Å². The van der Waals surface area contributed by atoms with E-state index in [-0.39, 0.29) is 6.61 Å². The molecular formula is C13H24O4.